The number of benzene rings is 4. The number of rotatable bonds is 10. The van der Waals surface area contributed by atoms with Gasteiger partial charge in [0.25, 0.3) is 0 Å². The number of ether oxygens (including phenoxy) is 2. The van der Waals surface area contributed by atoms with Crippen LogP contribution in [0.15, 0.2) is 97.1 Å². The summed E-state index contributed by atoms with van der Waals surface area (Å²) in [7, 11) is 0. The highest BCUT2D eigenvalue weighted by atomic mass is 16.5. The van der Waals surface area contributed by atoms with Gasteiger partial charge in [0.15, 0.2) is 0 Å². The lowest BCUT2D eigenvalue weighted by Gasteiger charge is -2.25. The first kappa shape index (κ1) is 38.7. The van der Waals surface area contributed by atoms with Crippen LogP contribution in [0.25, 0.3) is 0 Å². The van der Waals surface area contributed by atoms with Gasteiger partial charge in [0, 0.05) is 75.3 Å². The van der Waals surface area contributed by atoms with Crippen LogP contribution in [0.2, 0.25) is 0 Å². The number of likely N-dealkylation sites (tertiary alicyclic amines) is 2. The van der Waals surface area contributed by atoms with Crippen LogP contribution in [0, 0.1) is 11.8 Å². The zero-order valence-electron chi connectivity index (χ0n) is 32.5. The predicted molar refractivity (Wildman–Crippen MR) is 217 cm³/mol. The van der Waals surface area contributed by atoms with Crippen LogP contribution >= 0.6 is 0 Å². The van der Waals surface area contributed by atoms with Crippen LogP contribution in [0.1, 0.15) is 60.1 Å². The molecule has 2 saturated heterocycles. The highest BCUT2D eigenvalue weighted by Gasteiger charge is 2.54. The van der Waals surface area contributed by atoms with Crippen molar-refractivity contribution in [3.63, 3.8) is 0 Å². The van der Waals surface area contributed by atoms with E-state index in [1.807, 2.05) is 97.1 Å². The maximum atomic E-state index is 11.5. The highest BCUT2D eigenvalue weighted by Crippen LogP contribution is 2.45. The van der Waals surface area contributed by atoms with Crippen molar-refractivity contribution >= 4 is 23.2 Å². The fourth-order valence-electron chi connectivity index (χ4n) is 10.2. The number of aliphatic hydroxyl groups is 4. The molecule has 4 aromatic rings. The minimum Gasteiger partial charge on any atom is -0.490 e. The fourth-order valence-corrected chi connectivity index (χ4v) is 10.2. The fraction of sp³-hybridized carbons (Fsp3) is 0.435. The van der Waals surface area contributed by atoms with Gasteiger partial charge in [0.1, 0.15) is 23.7 Å². The van der Waals surface area contributed by atoms with Gasteiger partial charge in [-0.1, -0.05) is 60.7 Å². The number of fused-ring (bicyclic) bond motifs is 4. The second-order valence-corrected chi connectivity index (χ2v) is 17.3. The summed E-state index contributed by atoms with van der Waals surface area (Å²) in [5.74, 6) is 1.99. The average Bonchev–Trinajstić information content (AvgIpc) is 4.01. The number of nitrogens with one attached hydrogen (secondary N) is 2. The summed E-state index contributed by atoms with van der Waals surface area (Å²) in [5.41, 5.74) is 3.65. The van der Waals surface area contributed by atoms with Crippen molar-refractivity contribution < 1.29 is 39.5 Å². The van der Waals surface area contributed by atoms with E-state index in [1.54, 1.807) is 0 Å². The lowest BCUT2D eigenvalue weighted by molar-refractivity contribution is -0.115. The summed E-state index contributed by atoms with van der Waals surface area (Å²) >= 11 is 0. The Hall–Kier alpha value is -4.82. The molecule has 304 valence electrons. The Morgan fingerprint density at radius 3 is 1.43 bits per heavy atom. The third-order valence-electron chi connectivity index (χ3n) is 13.0. The molecule has 4 heterocycles. The average molecular weight is 789 g/mol. The van der Waals surface area contributed by atoms with Crippen molar-refractivity contribution in [2.24, 2.45) is 11.8 Å². The van der Waals surface area contributed by atoms with Gasteiger partial charge in [-0.05, 0) is 71.5 Å². The number of β-amino-alcohol motifs (C(OH)–C–C–N with tert-alkyl or cyclic N) is 4. The molecule has 0 bridgehead atoms. The first-order valence-electron chi connectivity index (χ1n) is 20.5. The molecule has 4 fully saturated rings. The number of nitrogens with zero attached hydrogens (tertiary/aromatic N) is 2. The predicted octanol–water partition coefficient (Wildman–Crippen LogP) is 4.24. The van der Waals surface area contributed by atoms with Crippen molar-refractivity contribution in [1.82, 2.24) is 9.80 Å². The number of anilines is 2. The smallest absolute Gasteiger partial charge is 0.228 e. The highest BCUT2D eigenvalue weighted by molar-refractivity contribution is 5.99. The summed E-state index contributed by atoms with van der Waals surface area (Å²) in [6.07, 6.45) is 2.38. The minimum atomic E-state index is -0.757. The zero-order chi connectivity index (χ0) is 40.0. The molecule has 4 aliphatic heterocycles. The maximum absolute atomic E-state index is 11.5. The van der Waals surface area contributed by atoms with E-state index in [9.17, 15) is 30.0 Å². The van der Waals surface area contributed by atoms with Gasteiger partial charge in [-0.3, -0.25) is 19.4 Å². The standard InChI is InChI=1S/2C23H26N2O4/c2*26-21(15-6-7-20-16(8-15)9-22(27)24-20)13-25-12-17-10-19(11-23(17,28)14-25)29-18-4-2-1-3-5-18/h2*1-8,17,19,21,26,28H,9-14H2,(H,24,27)/t17-,19+,21+,23-;17-,19+,21-,23-/m11/s1. The molecule has 6 N–H and O–H groups in total. The lowest BCUT2D eigenvalue weighted by atomic mass is 9.95. The lowest BCUT2D eigenvalue weighted by Crippen LogP contribution is -2.36. The summed E-state index contributed by atoms with van der Waals surface area (Å²) in [6, 6.07) is 30.8. The van der Waals surface area contributed by atoms with Crippen LogP contribution in [-0.2, 0) is 22.4 Å². The van der Waals surface area contributed by atoms with E-state index >= 15 is 0 Å². The van der Waals surface area contributed by atoms with E-state index in [1.165, 1.54) is 0 Å². The number of hydrogen-bond donors (Lipinski definition) is 6. The summed E-state index contributed by atoms with van der Waals surface area (Å²) in [6.45, 7) is 3.56. The Labute approximate surface area is 338 Å². The normalized spacial score (nSPS) is 29.4. The monoisotopic (exact) mass is 788 g/mol. The molecule has 2 saturated carbocycles. The molecule has 4 aromatic carbocycles. The quantitative estimate of drug-likeness (QED) is 0.137. The second kappa shape index (κ2) is 15.7. The van der Waals surface area contributed by atoms with E-state index in [2.05, 4.69) is 20.4 Å². The van der Waals surface area contributed by atoms with E-state index < -0.39 is 23.4 Å². The molecule has 8 atom stereocenters. The Kier molecular flexibility index (Phi) is 10.5. The van der Waals surface area contributed by atoms with E-state index in [0.717, 1.165) is 71.1 Å². The topological polar surface area (TPSA) is 164 Å². The SMILES string of the molecule is O=C1Cc2cc([C@@H](O)CN3C[C@H]4C[C@H](Oc5ccccc5)C[C@@]4(O)C3)ccc2N1.O=C1Cc2cc([C@H](O)CN3C[C@H]4C[C@H](Oc5ccccc5)C[C@@]4(O)C3)ccc2N1. The van der Waals surface area contributed by atoms with E-state index in [0.29, 0.717) is 51.9 Å². The summed E-state index contributed by atoms with van der Waals surface area (Å²) < 4.78 is 12.1. The Morgan fingerprint density at radius 2 is 1.03 bits per heavy atom. The Bertz CT molecular complexity index is 1990. The number of carbonyl (C=O) groups is 2. The molecule has 12 heteroatoms. The van der Waals surface area contributed by atoms with Crippen molar-refractivity contribution in [3.05, 3.63) is 119 Å². The zero-order valence-corrected chi connectivity index (χ0v) is 32.5. The van der Waals surface area contributed by atoms with Crippen molar-refractivity contribution in [1.29, 1.82) is 0 Å². The number of carbonyl (C=O) groups excluding carboxylic acids is 2. The Balaban J connectivity index is 0.000000150. The van der Waals surface area contributed by atoms with Crippen molar-refractivity contribution in [3.8, 4) is 11.5 Å². The van der Waals surface area contributed by atoms with E-state index in [4.69, 9.17) is 9.47 Å². The number of para-hydroxylation sites is 2. The van der Waals surface area contributed by atoms with E-state index in [-0.39, 0.29) is 35.9 Å². The molecule has 0 spiro atoms. The molecular weight excluding hydrogens is 737 g/mol. The molecule has 58 heavy (non-hydrogen) atoms. The second-order valence-electron chi connectivity index (χ2n) is 17.3. The molecule has 0 unspecified atom stereocenters. The number of hydrogen-bond acceptors (Lipinski definition) is 10. The van der Waals surface area contributed by atoms with Gasteiger partial charge >= 0.3 is 0 Å². The minimum absolute atomic E-state index is 0.00601. The number of aliphatic hydroxyl groups excluding tert-OH is 2. The molecule has 0 radical (unpaired) electrons. The third kappa shape index (κ3) is 8.22. The van der Waals surface area contributed by atoms with Crippen LogP contribution in [-0.4, -0.2) is 105 Å². The molecular formula is C46H52N4O8. The van der Waals surface area contributed by atoms with Crippen LogP contribution in [0.5, 0.6) is 11.5 Å². The van der Waals surface area contributed by atoms with Gasteiger partial charge < -0.3 is 40.5 Å². The molecule has 2 amide bonds. The maximum Gasteiger partial charge on any atom is 0.228 e. The van der Waals surface area contributed by atoms with Gasteiger partial charge in [-0.25, -0.2) is 0 Å². The molecule has 6 aliphatic rings. The first-order chi connectivity index (χ1) is 28.0. The van der Waals surface area contributed by atoms with Gasteiger partial charge in [0.05, 0.1) is 36.3 Å². The first-order valence-corrected chi connectivity index (χ1v) is 20.5. The molecule has 10 rings (SSSR count). The van der Waals surface area contributed by atoms with Crippen LogP contribution < -0.4 is 20.1 Å². The number of amides is 2. The van der Waals surface area contributed by atoms with Gasteiger partial charge in [-0.15, -0.1) is 0 Å². The van der Waals surface area contributed by atoms with Crippen LogP contribution in [0.3, 0.4) is 0 Å². The van der Waals surface area contributed by atoms with Crippen LogP contribution in [0.4, 0.5) is 11.4 Å². The Morgan fingerprint density at radius 1 is 0.621 bits per heavy atom. The summed E-state index contributed by atoms with van der Waals surface area (Å²) in [4.78, 5) is 27.3. The molecule has 0 aromatic heterocycles. The van der Waals surface area contributed by atoms with Gasteiger partial charge in [0.2, 0.25) is 11.8 Å². The van der Waals surface area contributed by atoms with Crippen molar-refractivity contribution in [2.75, 3.05) is 49.9 Å². The molecule has 12 nitrogen and oxygen atoms in total. The largest absolute Gasteiger partial charge is 0.490 e. The van der Waals surface area contributed by atoms with Crippen molar-refractivity contribution in [2.45, 2.75) is 74.1 Å². The molecule has 2 aliphatic carbocycles. The van der Waals surface area contributed by atoms with Gasteiger partial charge in [-0.2, -0.15) is 0 Å². The summed E-state index contributed by atoms with van der Waals surface area (Å²) in [5, 5.41) is 49.3. The third-order valence-corrected chi connectivity index (χ3v) is 13.0.